The third kappa shape index (κ3) is 4.38. The van der Waals surface area contributed by atoms with Crippen molar-refractivity contribution < 1.29 is 9.59 Å². The van der Waals surface area contributed by atoms with Crippen molar-refractivity contribution in [2.45, 2.75) is 31.2 Å². The van der Waals surface area contributed by atoms with E-state index in [0.717, 1.165) is 0 Å². The number of nitrogens with one attached hydrogen (secondary N) is 1. The molecule has 122 valence electrons. The van der Waals surface area contributed by atoms with Gasteiger partial charge < -0.3 is 5.32 Å². The van der Waals surface area contributed by atoms with Gasteiger partial charge in [-0.25, -0.2) is 4.68 Å². The second-order valence-corrected chi connectivity index (χ2v) is 6.74. The molecule has 0 radical (unpaired) electrons. The van der Waals surface area contributed by atoms with Crippen LogP contribution in [-0.2, 0) is 11.8 Å². The van der Waals surface area contributed by atoms with Gasteiger partial charge in [0.15, 0.2) is 5.78 Å². The molecule has 0 saturated heterocycles. The van der Waals surface area contributed by atoms with E-state index in [1.807, 2.05) is 20.8 Å². The molecule has 0 aliphatic heterocycles. The van der Waals surface area contributed by atoms with Gasteiger partial charge in [-0.1, -0.05) is 25.6 Å². The molecule has 1 atom stereocenters. The Bertz CT molecular complexity index is 696. The van der Waals surface area contributed by atoms with E-state index in [1.54, 1.807) is 31.3 Å². The lowest BCUT2D eigenvalue weighted by molar-refractivity contribution is -0.118. The summed E-state index contributed by atoms with van der Waals surface area (Å²) in [5.41, 5.74) is 1.26. The van der Waals surface area contributed by atoms with Crippen molar-refractivity contribution in [2.75, 3.05) is 5.32 Å². The first-order chi connectivity index (χ1) is 10.9. The largest absolute Gasteiger partial charge is 0.326 e. The molecule has 23 heavy (non-hydrogen) atoms. The Balaban J connectivity index is 2.02. The minimum absolute atomic E-state index is 0.0141. The van der Waals surface area contributed by atoms with Crippen LogP contribution in [0.4, 0.5) is 5.69 Å². The van der Waals surface area contributed by atoms with E-state index in [0.29, 0.717) is 16.4 Å². The molecule has 1 heterocycles. The molecule has 2 aromatic rings. The number of hydrogen-bond acceptors (Lipinski definition) is 6. The molecule has 1 aromatic carbocycles. The van der Waals surface area contributed by atoms with Gasteiger partial charge in [-0.3, -0.25) is 9.59 Å². The Kier molecular flexibility index (Phi) is 5.49. The van der Waals surface area contributed by atoms with Crippen molar-refractivity contribution in [3.63, 3.8) is 0 Å². The first kappa shape index (κ1) is 17.1. The summed E-state index contributed by atoms with van der Waals surface area (Å²) in [5.74, 6) is -0.157. The number of hydrogen-bond donors (Lipinski definition) is 1. The zero-order valence-electron chi connectivity index (χ0n) is 13.5. The zero-order valence-corrected chi connectivity index (χ0v) is 14.3. The maximum Gasteiger partial charge on any atom is 0.226 e. The number of Topliss-reactive ketones (excluding diaryl/α,β-unsaturated/α-hetero) is 1. The fourth-order valence-corrected chi connectivity index (χ4v) is 2.60. The summed E-state index contributed by atoms with van der Waals surface area (Å²) < 4.78 is 1.53. The van der Waals surface area contributed by atoms with Crippen LogP contribution >= 0.6 is 11.8 Å². The quantitative estimate of drug-likeness (QED) is 0.643. The van der Waals surface area contributed by atoms with Crippen molar-refractivity contribution in [1.82, 2.24) is 20.2 Å². The van der Waals surface area contributed by atoms with E-state index < -0.39 is 0 Å². The maximum absolute atomic E-state index is 12.4. The molecule has 0 spiro atoms. The second kappa shape index (κ2) is 7.36. The number of nitrogens with zero attached hydrogens (tertiary/aromatic N) is 4. The van der Waals surface area contributed by atoms with Crippen molar-refractivity contribution in [2.24, 2.45) is 13.0 Å². The fraction of sp³-hybridized carbons (Fsp3) is 0.400. The van der Waals surface area contributed by atoms with Gasteiger partial charge >= 0.3 is 0 Å². The van der Waals surface area contributed by atoms with Crippen LogP contribution in [0.15, 0.2) is 29.4 Å². The minimum Gasteiger partial charge on any atom is -0.326 e. The number of benzene rings is 1. The highest BCUT2D eigenvalue weighted by Gasteiger charge is 2.19. The van der Waals surface area contributed by atoms with Crippen LogP contribution in [0.1, 0.15) is 31.1 Å². The van der Waals surface area contributed by atoms with Gasteiger partial charge in [-0.2, -0.15) is 0 Å². The molecular formula is C15H19N5O2S. The molecule has 0 aliphatic carbocycles. The van der Waals surface area contributed by atoms with Crippen molar-refractivity contribution in [1.29, 1.82) is 0 Å². The topological polar surface area (TPSA) is 89.8 Å². The average molecular weight is 333 g/mol. The smallest absolute Gasteiger partial charge is 0.226 e. The summed E-state index contributed by atoms with van der Waals surface area (Å²) in [6.07, 6.45) is 0. The number of carbonyl (C=O) groups excluding carboxylic acids is 2. The molecule has 0 fully saturated rings. The third-order valence-electron chi connectivity index (χ3n) is 3.19. The molecule has 1 amide bonds. The average Bonchev–Trinajstić information content (AvgIpc) is 2.92. The normalized spacial score (nSPS) is 12.2. The predicted molar refractivity (Wildman–Crippen MR) is 88.4 cm³/mol. The van der Waals surface area contributed by atoms with Gasteiger partial charge in [0.1, 0.15) is 0 Å². The number of tetrazole rings is 1. The Morgan fingerprint density at radius 1 is 1.17 bits per heavy atom. The number of rotatable bonds is 6. The Morgan fingerprint density at radius 2 is 1.83 bits per heavy atom. The van der Waals surface area contributed by atoms with Gasteiger partial charge in [0.05, 0.1) is 5.25 Å². The summed E-state index contributed by atoms with van der Waals surface area (Å²) in [5, 5.41) is 14.2. The highest BCUT2D eigenvalue weighted by atomic mass is 32.2. The van der Waals surface area contributed by atoms with Crippen molar-refractivity contribution >= 4 is 29.1 Å². The monoisotopic (exact) mass is 333 g/mol. The summed E-state index contributed by atoms with van der Waals surface area (Å²) in [4.78, 5) is 24.1. The van der Waals surface area contributed by atoms with Crippen LogP contribution in [-0.4, -0.2) is 37.1 Å². The number of aromatic nitrogens is 4. The predicted octanol–water partition coefficient (Wildman–Crippen LogP) is 2.17. The number of amides is 1. The van der Waals surface area contributed by atoms with Gasteiger partial charge in [0, 0.05) is 24.2 Å². The van der Waals surface area contributed by atoms with Gasteiger partial charge in [0.2, 0.25) is 11.1 Å². The number of thioether (sulfide) groups is 1. The Labute approximate surface area is 138 Å². The SMILES string of the molecule is CC(C)C(=O)Nc1ccc(C(=O)C(C)Sc2nnnn2C)cc1. The van der Waals surface area contributed by atoms with Crippen molar-refractivity contribution in [3.05, 3.63) is 29.8 Å². The van der Waals surface area contributed by atoms with Gasteiger partial charge in [-0.05, 0) is 41.6 Å². The number of carbonyl (C=O) groups is 2. The Hall–Kier alpha value is -2.22. The standard InChI is InChI=1S/C15H19N5O2S/c1-9(2)14(22)16-12-7-5-11(6-8-12)13(21)10(3)23-15-17-18-19-20(15)4/h5-10H,1-4H3,(H,16,22). The molecular weight excluding hydrogens is 314 g/mol. The van der Waals surface area contributed by atoms with Crippen LogP contribution in [0.5, 0.6) is 0 Å². The fourth-order valence-electron chi connectivity index (χ4n) is 1.77. The van der Waals surface area contributed by atoms with Crippen LogP contribution in [0.2, 0.25) is 0 Å². The summed E-state index contributed by atoms with van der Waals surface area (Å²) >= 11 is 1.31. The molecule has 0 saturated carbocycles. The Morgan fingerprint density at radius 3 is 2.35 bits per heavy atom. The maximum atomic E-state index is 12.4. The summed E-state index contributed by atoms with van der Waals surface area (Å²) in [6, 6.07) is 6.89. The molecule has 1 N–H and O–H groups in total. The van der Waals surface area contributed by atoms with E-state index in [4.69, 9.17) is 0 Å². The van der Waals surface area contributed by atoms with Crippen LogP contribution in [0, 0.1) is 5.92 Å². The van der Waals surface area contributed by atoms with Crippen LogP contribution in [0.3, 0.4) is 0 Å². The highest BCUT2D eigenvalue weighted by molar-refractivity contribution is 8.00. The van der Waals surface area contributed by atoms with E-state index in [-0.39, 0.29) is 22.9 Å². The first-order valence-electron chi connectivity index (χ1n) is 7.22. The minimum atomic E-state index is -0.309. The van der Waals surface area contributed by atoms with Crippen LogP contribution in [0.25, 0.3) is 0 Å². The van der Waals surface area contributed by atoms with E-state index in [1.165, 1.54) is 16.4 Å². The summed E-state index contributed by atoms with van der Waals surface area (Å²) in [6.45, 7) is 5.47. The molecule has 2 rings (SSSR count). The molecule has 0 bridgehead atoms. The summed E-state index contributed by atoms with van der Waals surface area (Å²) in [7, 11) is 1.73. The van der Waals surface area contributed by atoms with Gasteiger partial charge in [-0.15, -0.1) is 5.10 Å². The lowest BCUT2D eigenvalue weighted by Crippen LogP contribution is -2.18. The zero-order chi connectivity index (χ0) is 17.0. The molecule has 0 aliphatic rings. The lowest BCUT2D eigenvalue weighted by Gasteiger charge is -2.11. The molecule has 1 aromatic heterocycles. The third-order valence-corrected chi connectivity index (χ3v) is 4.32. The first-order valence-corrected chi connectivity index (χ1v) is 8.10. The van der Waals surface area contributed by atoms with E-state index in [2.05, 4.69) is 20.8 Å². The number of ketones is 1. The van der Waals surface area contributed by atoms with E-state index >= 15 is 0 Å². The van der Waals surface area contributed by atoms with Crippen molar-refractivity contribution in [3.8, 4) is 0 Å². The number of aryl methyl sites for hydroxylation is 1. The van der Waals surface area contributed by atoms with Crippen LogP contribution < -0.4 is 5.32 Å². The second-order valence-electron chi connectivity index (χ2n) is 5.43. The number of anilines is 1. The van der Waals surface area contributed by atoms with Gasteiger partial charge in [0.25, 0.3) is 0 Å². The van der Waals surface area contributed by atoms with E-state index in [9.17, 15) is 9.59 Å². The highest BCUT2D eigenvalue weighted by Crippen LogP contribution is 2.23. The lowest BCUT2D eigenvalue weighted by atomic mass is 10.1. The molecule has 8 heteroatoms. The molecule has 7 nitrogen and oxygen atoms in total. The molecule has 1 unspecified atom stereocenters.